The zero-order chi connectivity index (χ0) is 15.5. The summed E-state index contributed by atoms with van der Waals surface area (Å²) in [6.45, 7) is 0.735. The van der Waals surface area contributed by atoms with E-state index in [1.54, 1.807) is 18.3 Å². The van der Waals surface area contributed by atoms with E-state index in [0.717, 1.165) is 37.1 Å². The van der Waals surface area contributed by atoms with Crippen LogP contribution in [0.5, 0.6) is 5.75 Å². The van der Waals surface area contributed by atoms with E-state index in [-0.39, 0.29) is 11.8 Å². The van der Waals surface area contributed by atoms with Gasteiger partial charge in [0.25, 0.3) is 0 Å². The smallest absolute Gasteiger partial charge is 0.335 e. The zero-order valence-electron chi connectivity index (χ0n) is 12.4. The predicted molar refractivity (Wildman–Crippen MR) is 80.0 cm³/mol. The van der Waals surface area contributed by atoms with Crippen LogP contribution in [0.3, 0.4) is 0 Å². The highest BCUT2D eigenvalue weighted by atomic mass is 16.5. The fourth-order valence-electron chi connectivity index (χ4n) is 2.71. The van der Waals surface area contributed by atoms with Crippen molar-refractivity contribution >= 4 is 5.97 Å². The number of carboxylic acids is 1. The second kappa shape index (κ2) is 6.19. The molecular formula is C16H18N2O4. The number of hydrogen-bond acceptors (Lipinski definition) is 4. The van der Waals surface area contributed by atoms with E-state index in [4.69, 9.17) is 14.6 Å². The predicted octanol–water partition coefficient (Wildman–Crippen LogP) is 2.96. The normalized spacial score (nSPS) is 18.1. The number of nitrogens with zero attached hydrogens (tertiary/aromatic N) is 2. The van der Waals surface area contributed by atoms with E-state index in [1.165, 1.54) is 13.2 Å². The third-order valence-electron chi connectivity index (χ3n) is 3.82. The highest BCUT2D eigenvalue weighted by molar-refractivity contribution is 5.89. The number of carbonyl (C=O) groups is 1. The Hall–Kier alpha value is -2.34. The number of methoxy groups -OCH3 is 1. The highest BCUT2D eigenvalue weighted by Crippen LogP contribution is 2.34. The first kappa shape index (κ1) is 14.6. The highest BCUT2D eigenvalue weighted by Gasteiger charge is 2.21. The molecule has 6 heteroatoms. The molecule has 1 atom stereocenters. The van der Waals surface area contributed by atoms with Crippen LogP contribution in [0.4, 0.5) is 0 Å². The lowest BCUT2D eigenvalue weighted by atomic mass is 10.1. The molecule has 0 saturated carbocycles. The fourth-order valence-corrected chi connectivity index (χ4v) is 2.71. The fraction of sp³-hybridized carbons (Fsp3) is 0.375. The maximum Gasteiger partial charge on any atom is 0.335 e. The molecule has 0 amide bonds. The van der Waals surface area contributed by atoms with Crippen LogP contribution < -0.4 is 4.74 Å². The van der Waals surface area contributed by atoms with Crippen molar-refractivity contribution in [3.63, 3.8) is 0 Å². The molecular weight excluding hydrogens is 284 g/mol. The average Bonchev–Trinajstić information content (AvgIpc) is 3.04. The lowest BCUT2D eigenvalue weighted by Gasteiger charge is -2.25. The minimum atomic E-state index is -0.978. The van der Waals surface area contributed by atoms with Gasteiger partial charge in [-0.15, -0.1) is 0 Å². The first-order chi connectivity index (χ1) is 10.7. The molecule has 0 bridgehead atoms. The van der Waals surface area contributed by atoms with Gasteiger partial charge in [0.15, 0.2) is 6.23 Å². The SMILES string of the molecule is COc1cc(C(=O)O)ccc1-c1ccnn1C1CCCCO1. The monoisotopic (exact) mass is 302 g/mol. The first-order valence-electron chi connectivity index (χ1n) is 7.27. The van der Waals surface area contributed by atoms with E-state index in [1.807, 2.05) is 10.7 Å². The van der Waals surface area contributed by atoms with Gasteiger partial charge in [-0.2, -0.15) is 5.10 Å². The zero-order valence-corrected chi connectivity index (χ0v) is 12.4. The summed E-state index contributed by atoms with van der Waals surface area (Å²) in [4.78, 5) is 11.1. The van der Waals surface area contributed by atoms with Gasteiger partial charge in [-0.25, -0.2) is 9.48 Å². The first-order valence-corrected chi connectivity index (χ1v) is 7.27. The third kappa shape index (κ3) is 2.69. The molecule has 0 aliphatic carbocycles. The van der Waals surface area contributed by atoms with Crippen LogP contribution in [0.2, 0.25) is 0 Å². The molecule has 1 unspecified atom stereocenters. The number of aromatic nitrogens is 2. The van der Waals surface area contributed by atoms with E-state index in [9.17, 15) is 4.79 Å². The second-order valence-electron chi connectivity index (χ2n) is 5.20. The Bertz CT molecular complexity index is 675. The molecule has 1 aliphatic heterocycles. The minimum Gasteiger partial charge on any atom is -0.496 e. The number of aromatic carboxylic acids is 1. The van der Waals surface area contributed by atoms with Crippen LogP contribution in [0, 0.1) is 0 Å². The Morgan fingerprint density at radius 3 is 2.95 bits per heavy atom. The molecule has 1 fully saturated rings. The topological polar surface area (TPSA) is 73.6 Å². The van der Waals surface area contributed by atoms with Crippen LogP contribution in [-0.2, 0) is 4.74 Å². The van der Waals surface area contributed by atoms with Crippen molar-refractivity contribution in [2.75, 3.05) is 13.7 Å². The van der Waals surface area contributed by atoms with Crippen molar-refractivity contribution in [2.45, 2.75) is 25.5 Å². The molecule has 3 rings (SSSR count). The van der Waals surface area contributed by atoms with E-state index < -0.39 is 5.97 Å². The molecule has 2 heterocycles. The van der Waals surface area contributed by atoms with Crippen molar-refractivity contribution in [3.8, 4) is 17.0 Å². The Labute approximate surface area is 128 Å². The molecule has 1 saturated heterocycles. The molecule has 6 nitrogen and oxygen atoms in total. The minimum absolute atomic E-state index is 0.0809. The van der Waals surface area contributed by atoms with Crippen LogP contribution in [-0.4, -0.2) is 34.6 Å². The quantitative estimate of drug-likeness (QED) is 0.940. The molecule has 1 aromatic heterocycles. The van der Waals surface area contributed by atoms with Crippen molar-refractivity contribution in [3.05, 3.63) is 36.0 Å². The number of carboxylic acid groups (broad SMARTS) is 1. The number of hydrogen-bond donors (Lipinski definition) is 1. The number of rotatable bonds is 4. The van der Waals surface area contributed by atoms with Crippen molar-refractivity contribution in [1.82, 2.24) is 9.78 Å². The summed E-state index contributed by atoms with van der Waals surface area (Å²) in [5.74, 6) is -0.466. The summed E-state index contributed by atoms with van der Waals surface area (Å²) in [7, 11) is 1.53. The van der Waals surface area contributed by atoms with Gasteiger partial charge in [0, 0.05) is 18.4 Å². The standard InChI is InChI=1S/C16H18N2O4/c1-21-14-10-11(16(19)20)5-6-12(14)13-7-8-17-18(13)15-4-2-3-9-22-15/h5-8,10,15H,2-4,9H2,1H3,(H,19,20). The Kier molecular flexibility index (Phi) is 4.11. The van der Waals surface area contributed by atoms with Crippen LogP contribution in [0.25, 0.3) is 11.3 Å². The summed E-state index contributed by atoms with van der Waals surface area (Å²) in [6.07, 6.45) is 4.74. The van der Waals surface area contributed by atoms with E-state index >= 15 is 0 Å². The molecule has 22 heavy (non-hydrogen) atoms. The van der Waals surface area contributed by atoms with Gasteiger partial charge >= 0.3 is 5.97 Å². The summed E-state index contributed by atoms with van der Waals surface area (Å²) in [5.41, 5.74) is 1.86. The second-order valence-corrected chi connectivity index (χ2v) is 5.20. The maximum atomic E-state index is 11.1. The Balaban J connectivity index is 2.01. The maximum absolute atomic E-state index is 11.1. The molecule has 1 N–H and O–H groups in total. The van der Waals surface area contributed by atoms with Crippen LogP contribution >= 0.6 is 0 Å². The van der Waals surface area contributed by atoms with Gasteiger partial charge in [0.05, 0.1) is 18.4 Å². The van der Waals surface area contributed by atoms with E-state index in [2.05, 4.69) is 5.10 Å². The molecule has 1 aliphatic rings. The van der Waals surface area contributed by atoms with Crippen molar-refractivity contribution in [2.24, 2.45) is 0 Å². The van der Waals surface area contributed by atoms with Crippen molar-refractivity contribution < 1.29 is 19.4 Å². The molecule has 116 valence electrons. The van der Waals surface area contributed by atoms with Crippen LogP contribution in [0.1, 0.15) is 35.8 Å². The largest absolute Gasteiger partial charge is 0.496 e. The van der Waals surface area contributed by atoms with E-state index in [0.29, 0.717) is 5.75 Å². The van der Waals surface area contributed by atoms with Gasteiger partial charge in [0.1, 0.15) is 5.75 Å². The van der Waals surface area contributed by atoms with Gasteiger partial charge in [-0.05, 0) is 43.5 Å². The summed E-state index contributed by atoms with van der Waals surface area (Å²) < 4.78 is 13.0. The molecule has 1 aromatic carbocycles. The van der Waals surface area contributed by atoms with Gasteiger partial charge < -0.3 is 14.6 Å². The summed E-state index contributed by atoms with van der Waals surface area (Å²) >= 11 is 0. The average molecular weight is 302 g/mol. The molecule has 0 spiro atoms. The number of benzene rings is 1. The van der Waals surface area contributed by atoms with Crippen LogP contribution in [0.15, 0.2) is 30.5 Å². The van der Waals surface area contributed by atoms with Gasteiger partial charge in [0.2, 0.25) is 0 Å². The Morgan fingerprint density at radius 2 is 2.27 bits per heavy atom. The van der Waals surface area contributed by atoms with Gasteiger partial charge in [-0.1, -0.05) is 0 Å². The van der Waals surface area contributed by atoms with Gasteiger partial charge in [-0.3, -0.25) is 0 Å². The molecule has 2 aromatic rings. The summed E-state index contributed by atoms with van der Waals surface area (Å²) in [5, 5.41) is 13.5. The number of ether oxygens (including phenoxy) is 2. The van der Waals surface area contributed by atoms with Crippen molar-refractivity contribution in [1.29, 1.82) is 0 Å². The molecule has 0 radical (unpaired) electrons. The lowest BCUT2D eigenvalue weighted by Crippen LogP contribution is -2.20. The lowest BCUT2D eigenvalue weighted by molar-refractivity contribution is -0.0383. The Morgan fingerprint density at radius 1 is 1.41 bits per heavy atom. The third-order valence-corrected chi connectivity index (χ3v) is 3.82. The summed E-state index contributed by atoms with van der Waals surface area (Å²) in [6, 6.07) is 6.73.